The van der Waals surface area contributed by atoms with Crippen LogP contribution in [0, 0.1) is 5.92 Å². The van der Waals surface area contributed by atoms with Crippen molar-refractivity contribution in [1.29, 1.82) is 0 Å². The number of ether oxygens (including phenoxy) is 1. The summed E-state index contributed by atoms with van der Waals surface area (Å²) in [6.07, 6.45) is 2.82. The highest BCUT2D eigenvalue weighted by molar-refractivity contribution is 8.00. The van der Waals surface area contributed by atoms with Gasteiger partial charge in [0.2, 0.25) is 5.91 Å². The maximum Gasteiger partial charge on any atom is 0.234 e. The van der Waals surface area contributed by atoms with Crippen molar-refractivity contribution < 1.29 is 14.6 Å². The molecule has 0 unspecified atom stereocenters. The Morgan fingerprint density at radius 2 is 2.19 bits per heavy atom. The second-order valence-corrected chi connectivity index (χ2v) is 11.2. The van der Waals surface area contributed by atoms with Gasteiger partial charge in [-0.3, -0.25) is 9.78 Å². The van der Waals surface area contributed by atoms with E-state index in [1.165, 1.54) is 0 Å². The van der Waals surface area contributed by atoms with E-state index in [1.807, 2.05) is 24.4 Å². The monoisotopic (exact) mass is 525 g/mol. The average Bonchev–Trinajstić information content (AvgIpc) is 2.91. The van der Waals surface area contributed by atoms with E-state index in [0.717, 1.165) is 76.3 Å². The van der Waals surface area contributed by atoms with Crippen molar-refractivity contribution in [1.82, 2.24) is 20.2 Å². The summed E-state index contributed by atoms with van der Waals surface area (Å²) in [5.41, 5.74) is 3.74. The number of hydrogen-bond acceptors (Lipinski definition) is 9. The third-order valence-electron chi connectivity index (χ3n) is 6.68. The third kappa shape index (κ3) is 6.12. The van der Waals surface area contributed by atoms with Crippen LogP contribution in [0.4, 0.5) is 5.69 Å². The number of aliphatic hydroxyl groups excluding tert-OH is 1. The molecule has 0 bridgehead atoms. The maximum atomic E-state index is 11.7. The molecule has 8 nitrogen and oxygen atoms in total. The Bertz CT molecular complexity index is 1230. The first kappa shape index (κ1) is 25.3. The largest absolute Gasteiger partial charge is 0.497 e. The van der Waals surface area contributed by atoms with Crippen LogP contribution in [0.3, 0.4) is 0 Å². The van der Waals surface area contributed by atoms with Gasteiger partial charge in [-0.25, -0.2) is 4.98 Å². The van der Waals surface area contributed by atoms with E-state index in [1.54, 1.807) is 30.6 Å². The van der Waals surface area contributed by atoms with Crippen molar-refractivity contribution in [2.24, 2.45) is 5.92 Å². The summed E-state index contributed by atoms with van der Waals surface area (Å²) in [5.74, 6) is 2.41. The molecule has 0 aliphatic carbocycles. The summed E-state index contributed by atoms with van der Waals surface area (Å²) in [7, 11) is 1.65. The van der Waals surface area contributed by atoms with Gasteiger partial charge in [-0.15, -0.1) is 23.5 Å². The molecule has 190 valence electrons. The van der Waals surface area contributed by atoms with Crippen LogP contribution in [0.1, 0.15) is 12.0 Å². The molecule has 36 heavy (non-hydrogen) atoms. The van der Waals surface area contributed by atoms with Gasteiger partial charge in [0.25, 0.3) is 0 Å². The Balaban J connectivity index is 1.10. The smallest absolute Gasteiger partial charge is 0.234 e. The summed E-state index contributed by atoms with van der Waals surface area (Å²) in [4.78, 5) is 24.5. The van der Waals surface area contributed by atoms with Crippen LogP contribution in [0.15, 0.2) is 52.5 Å². The molecular weight excluding hydrogens is 494 g/mol. The number of carbonyl (C=O) groups excluding carboxylic acids is 1. The molecule has 0 radical (unpaired) electrons. The highest BCUT2D eigenvalue weighted by Gasteiger charge is 2.28. The minimum absolute atomic E-state index is 0.0522. The summed E-state index contributed by atoms with van der Waals surface area (Å²) in [6.45, 7) is 3.68. The molecule has 2 atom stereocenters. The first-order chi connectivity index (χ1) is 17.6. The van der Waals surface area contributed by atoms with Crippen molar-refractivity contribution in [2.45, 2.75) is 28.9 Å². The zero-order valence-corrected chi connectivity index (χ0v) is 21.9. The Hall–Kier alpha value is -2.37. The molecule has 1 fully saturated rings. The number of fused-ring (bicyclic) bond motifs is 2. The van der Waals surface area contributed by atoms with Gasteiger partial charge >= 0.3 is 0 Å². The van der Waals surface area contributed by atoms with Gasteiger partial charge < -0.3 is 25.4 Å². The average molecular weight is 526 g/mol. The molecule has 10 heteroatoms. The lowest BCUT2D eigenvalue weighted by molar-refractivity contribution is -0.113. The van der Waals surface area contributed by atoms with Crippen LogP contribution in [0.25, 0.3) is 11.0 Å². The Morgan fingerprint density at radius 3 is 3.06 bits per heavy atom. The SMILES string of the molecule is COc1ccc2ncc(SCCN3CC[C@@H](NCc4ccc5c(c4)NC(=O)CS5)[C@@H](CO)C3)nc2c1. The fraction of sp³-hybridized carbons (Fsp3) is 0.423. The normalized spacial score (nSPS) is 20.2. The first-order valence-corrected chi connectivity index (χ1v) is 14.1. The van der Waals surface area contributed by atoms with Crippen molar-refractivity contribution in [3.8, 4) is 5.75 Å². The number of hydrogen-bond donors (Lipinski definition) is 3. The number of carbonyl (C=O) groups is 1. The molecule has 2 aliphatic heterocycles. The van der Waals surface area contributed by atoms with Crippen LogP contribution in [-0.4, -0.2) is 76.8 Å². The molecule has 5 rings (SSSR count). The number of methoxy groups -OCH3 is 1. The number of piperidine rings is 1. The predicted molar refractivity (Wildman–Crippen MR) is 145 cm³/mol. The Kier molecular flexibility index (Phi) is 8.28. The number of nitrogens with one attached hydrogen (secondary N) is 2. The highest BCUT2D eigenvalue weighted by Crippen LogP contribution is 2.32. The second-order valence-electron chi connectivity index (χ2n) is 9.10. The van der Waals surface area contributed by atoms with Crippen molar-refractivity contribution >= 4 is 46.2 Å². The summed E-state index contributed by atoms with van der Waals surface area (Å²) in [5, 5.41) is 17.6. The molecule has 1 amide bonds. The Labute approximate surface area is 219 Å². The zero-order chi connectivity index (χ0) is 24.9. The lowest BCUT2D eigenvalue weighted by Crippen LogP contribution is -2.50. The molecule has 3 aromatic rings. The summed E-state index contributed by atoms with van der Waals surface area (Å²) < 4.78 is 5.30. The maximum absolute atomic E-state index is 11.7. The van der Waals surface area contributed by atoms with E-state index in [2.05, 4.69) is 38.7 Å². The fourth-order valence-corrected chi connectivity index (χ4v) is 6.34. The van der Waals surface area contributed by atoms with Gasteiger partial charge in [0, 0.05) is 54.9 Å². The van der Waals surface area contributed by atoms with Gasteiger partial charge in [-0.2, -0.15) is 0 Å². The van der Waals surface area contributed by atoms with Crippen LogP contribution < -0.4 is 15.4 Å². The lowest BCUT2D eigenvalue weighted by Gasteiger charge is -2.38. The number of likely N-dealkylation sites (tertiary alicyclic amines) is 1. The number of thioether (sulfide) groups is 2. The van der Waals surface area contributed by atoms with E-state index in [4.69, 9.17) is 9.72 Å². The molecule has 2 aromatic carbocycles. The van der Waals surface area contributed by atoms with Gasteiger partial charge in [-0.05, 0) is 42.8 Å². The van der Waals surface area contributed by atoms with Crippen molar-refractivity contribution in [3.05, 3.63) is 48.2 Å². The lowest BCUT2D eigenvalue weighted by atomic mass is 9.92. The fourth-order valence-electron chi connectivity index (χ4n) is 4.70. The second kappa shape index (κ2) is 11.8. The molecule has 3 N–H and O–H groups in total. The van der Waals surface area contributed by atoms with Crippen LogP contribution in [-0.2, 0) is 11.3 Å². The van der Waals surface area contributed by atoms with Crippen LogP contribution >= 0.6 is 23.5 Å². The van der Waals surface area contributed by atoms with Crippen LogP contribution in [0.2, 0.25) is 0 Å². The summed E-state index contributed by atoms with van der Waals surface area (Å²) >= 11 is 3.28. The number of benzene rings is 2. The molecular formula is C26H31N5O3S2. The zero-order valence-electron chi connectivity index (χ0n) is 20.3. The number of amides is 1. The number of aromatic nitrogens is 2. The van der Waals surface area contributed by atoms with Gasteiger partial charge in [0.15, 0.2) is 0 Å². The van der Waals surface area contributed by atoms with E-state index < -0.39 is 0 Å². The topological polar surface area (TPSA) is 99.6 Å². The molecule has 1 aromatic heterocycles. The molecule has 0 saturated carbocycles. The number of nitrogens with zero attached hydrogens (tertiary/aromatic N) is 3. The van der Waals surface area contributed by atoms with Gasteiger partial charge in [0.05, 0.1) is 35.8 Å². The van der Waals surface area contributed by atoms with Gasteiger partial charge in [-0.1, -0.05) is 6.07 Å². The number of aliphatic hydroxyl groups is 1. The van der Waals surface area contributed by atoms with E-state index >= 15 is 0 Å². The van der Waals surface area contributed by atoms with Crippen molar-refractivity contribution in [2.75, 3.05) is 50.2 Å². The number of rotatable bonds is 9. The minimum atomic E-state index is 0.0522. The quantitative estimate of drug-likeness (QED) is 0.364. The van der Waals surface area contributed by atoms with E-state index in [-0.39, 0.29) is 24.5 Å². The Morgan fingerprint density at radius 1 is 1.28 bits per heavy atom. The number of anilines is 1. The third-order valence-corrected chi connectivity index (χ3v) is 8.64. The standard InChI is InChI=1S/C26H31N5O3S2/c1-34-19-3-4-21-22(11-19)30-26(13-28-21)35-9-8-31-7-6-20(18(14-31)15-32)27-12-17-2-5-24-23(10-17)29-25(33)16-36-24/h2-5,10-11,13,18,20,27,32H,6-9,12,14-16H2,1H3,(H,29,33)/t18-,20-/m1/s1. The van der Waals surface area contributed by atoms with E-state index in [9.17, 15) is 9.90 Å². The van der Waals surface area contributed by atoms with Crippen molar-refractivity contribution in [3.63, 3.8) is 0 Å². The van der Waals surface area contributed by atoms with Gasteiger partial charge in [0.1, 0.15) is 10.8 Å². The molecule has 2 aliphatic rings. The molecule has 1 saturated heterocycles. The van der Waals surface area contributed by atoms with E-state index in [0.29, 0.717) is 5.75 Å². The predicted octanol–water partition coefficient (Wildman–Crippen LogP) is 3.25. The molecule has 3 heterocycles. The summed E-state index contributed by atoms with van der Waals surface area (Å²) in [6, 6.07) is 12.2. The molecule has 0 spiro atoms. The first-order valence-electron chi connectivity index (χ1n) is 12.2. The minimum Gasteiger partial charge on any atom is -0.497 e. The van der Waals surface area contributed by atoms with Crippen LogP contribution in [0.5, 0.6) is 5.75 Å². The highest BCUT2D eigenvalue weighted by atomic mass is 32.2.